The van der Waals surface area contributed by atoms with Gasteiger partial charge in [-0.05, 0) is 38.8 Å². The largest absolute Gasteiger partial charge is 0.378 e. The quantitative estimate of drug-likeness (QED) is 0.911. The summed E-state index contributed by atoms with van der Waals surface area (Å²) >= 11 is 6.15. The summed E-state index contributed by atoms with van der Waals surface area (Å²) in [7, 11) is 0. The van der Waals surface area contributed by atoms with Crippen LogP contribution >= 0.6 is 11.6 Å². The van der Waals surface area contributed by atoms with Crippen LogP contribution in [0.15, 0.2) is 11.0 Å². The molecule has 4 rings (SSSR count). The Bertz CT molecular complexity index is 522. The first kappa shape index (κ1) is 12.9. The zero-order valence-corrected chi connectivity index (χ0v) is 11.9. The topological polar surface area (TPSA) is 50.2 Å². The van der Waals surface area contributed by atoms with Crippen molar-refractivity contribution in [3.8, 4) is 0 Å². The number of hydrogen-bond acceptors (Lipinski definition) is 4. The Hall–Kier alpha value is -1.07. The van der Waals surface area contributed by atoms with Crippen LogP contribution in [0.25, 0.3) is 0 Å². The third kappa shape index (κ3) is 2.37. The van der Waals surface area contributed by atoms with Gasteiger partial charge < -0.3 is 10.2 Å². The molecule has 6 heteroatoms. The molecule has 1 N–H and O–H groups in total. The van der Waals surface area contributed by atoms with Crippen molar-refractivity contribution < 1.29 is 0 Å². The van der Waals surface area contributed by atoms with Gasteiger partial charge in [0.05, 0.1) is 11.9 Å². The lowest BCUT2D eigenvalue weighted by atomic mass is 9.84. The van der Waals surface area contributed by atoms with E-state index in [1.54, 1.807) is 6.20 Å². The molecule has 0 aromatic carbocycles. The number of nitrogens with one attached hydrogen (secondary N) is 1. The van der Waals surface area contributed by atoms with Gasteiger partial charge in [0.25, 0.3) is 5.56 Å². The molecule has 0 amide bonds. The van der Waals surface area contributed by atoms with E-state index in [0.29, 0.717) is 24.2 Å². The van der Waals surface area contributed by atoms with E-state index >= 15 is 0 Å². The Labute approximate surface area is 117 Å². The number of rotatable bonds is 3. The molecule has 3 fully saturated rings. The van der Waals surface area contributed by atoms with E-state index in [0.717, 1.165) is 6.54 Å². The summed E-state index contributed by atoms with van der Waals surface area (Å²) in [6, 6.07) is 0.388. The number of halogens is 1. The summed E-state index contributed by atoms with van der Waals surface area (Å²) < 4.78 is 1.38. The van der Waals surface area contributed by atoms with Crippen LogP contribution in [0, 0.1) is 5.92 Å². The number of nitrogens with zero attached hydrogens (tertiary/aromatic N) is 3. The predicted molar refractivity (Wildman–Crippen MR) is 75.8 cm³/mol. The van der Waals surface area contributed by atoms with Gasteiger partial charge in [0.2, 0.25) is 0 Å². The summed E-state index contributed by atoms with van der Waals surface area (Å²) in [6.45, 7) is 5.86. The standard InChI is InChI=1S/C13H19ClN4O/c1-2-18-13(19)12(14)10(7-15-18)16-11-8-17-5-3-9(11)4-6-17/h7,9,11,16H,2-6,8H2,1H3. The van der Waals surface area contributed by atoms with E-state index in [1.165, 1.54) is 30.6 Å². The predicted octanol–water partition coefficient (Wildman–Crippen LogP) is 1.42. The van der Waals surface area contributed by atoms with E-state index in [2.05, 4.69) is 15.3 Å². The first-order valence-corrected chi connectivity index (χ1v) is 7.31. The molecule has 3 aliphatic rings. The normalized spacial score (nSPS) is 29.5. The fraction of sp³-hybridized carbons (Fsp3) is 0.692. The zero-order valence-electron chi connectivity index (χ0n) is 11.1. The van der Waals surface area contributed by atoms with Crippen LogP contribution in [-0.2, 0) is 6.54 Å². The van der Waals surface area contributed by atoms with E-state index in [4.69, 9.17) is 11.6 Å². The number of aromatic nitrogens is 2. The molecule has 2 bridgehead atoms. The molecule has 19 heavy (non-hydrogen) atoms. The van der Waals surface area contributed by atoms with Crippen molar-refractivity contribution in [1.29, 1.82) is 0 Å². The minimum atomic E-state index is -0.213. The average Bonchev–Trinajstić information content (AvgIpc) is 2.45. The highest BCUT2D eigenvalue weighted by Gasteiger charge is 2.34. The van der Waals surface area contributed by atoms with Crippen LogP contribution < -0.4 is 10.9 Å². The molecule has 0 saturated carbocycles. The van der Waals surface area contributed by atoms with Gasteiger partial charge in [0.1, 0.15) is 5.02 Å². The Morgan fingerprint density at radius 2 is 2.21 bits per heavy atom. The molecule has 1 aromatic heterocycles. The van der Waals surface area contributed by atoms with Crippen molar-refractivity contribution >= 4 is 17.3 Å². The first-order valence-electron chi connectivity index (χ1n) is 6.93. The van der Waals surface area contributed by atoms with Crippen molar-refractivity contribution in [2.24, 2.45) is 5.92 Å². The summed E-state index contributed by atoms with van der Waals surface area (Å²) in [6.07, 6.45) is 4.13. The zero-order chi connectivity index (χ0) is 13.4. The van der Waals surface area contributed by atoms with Crippen molar-refractivity contribution in [2.75, 3.05) is 25.0 Å². The van der Waals surface area contributed by atoms with Gasteiger partial charge in [0, 0.05) is 19.1 Å². The Balaban J connectivity index is 1.80. The van der Waals surface area contributed by atoms with Gasteiger partial charge in [0.15, 0.2) is 0 Å². The third-order valence-corrected chi connectivity index (χ3v) is 4.65. The smallest absolute Gasteiger partial charge is 0.287 e. The Kier molecular flexibility index (Phi) is 3.50. The second kappa shape index (κ2) is 5.13. The molecule has 3 aliphatic heterocycles. The summed E-state index contributed by atoms with van der Waals surface area (Å²) in [5.41, 5.74) is 0.463. The Morgan fingerprint density at radius 1 is 1.47 bits per heavy atom. The summed E-state index contributed by atoms with van der Waals surface area (Å²) in [5.74, 6) is 0.690. The SMILES string of the molecule is CCn1ncc(NC2CN3CCC2CC3)c(Cl)c1=O. The number of fused-ring (bicyclic) bond motifs is 3. The maximum Gasteiger partial charge on any atom is 0.287 e. The fourth-order valence-corrected chi connectivity index (χ4v) is 3.32. The first-order chi connectivity index (χ1) is 9.19. The number of anilines is 1. The molecule has 4 heterocycles. The van der Waals surface area contributed by atoms with Gasteiger partial charge in [-0.3, -0.25) is 4.79 Å². The molecule has 1 unspecified atom stereocenters. The van der Waals surface area contributed by atoms with Crippen LogP contribution in [-0.4, -0.2) is 40.4 Å². The van der Waals surface area contributed by atoms with E-state index in [9.17, 15) is 4.79 Å². The molecule has 0 radical (unpaired) electrons. The molecule has 104 valence electrons. The fourth-order valence-electron chi connectivity index (χ4n) is 3.12. The highest BCUT2D eigenvalue weighted by Crippen LogP contribution is 2.30. The molecule has 1 aromatic rings. The molecule has 0 aliphatic carbocycles. The van der Waals surface area contributed by atoms with Gasteiger partial charge in [-0.15, -0.1) is 0 Å². The van der Waals surface area contributed by atoms with Gasteiger partial charge in [-0.25, -0.2) is 4.68 Å². The van der Waals surface area contributed by atoms with Crippen LogP contribution in [0.3, 0.4) is 0 Å². The monoisotopic (exact) mass is 282 g/mol. The minimum Gasteiger partial charge on any atom is -0.378 e. The van der Waals surface area contributed by atoms with Gasteiger partial charge in [-0.1, -0.05) is 11.6 Å². The lowest BCUT2D eigenvalue weighted by Crippen LogP contribution is -2.53. The Morgan fingerprint density at radius 3 is 2.79 bits per heavy atom. The van der Waals surface area contributed by atoms with E-state index in [1.807, 2.05) is 6.92 Å². The highest BCUT2D eigenvalue weighted by atomic mass is 35.5. The molecule has 3 saturated heterocycles. The molecule has 1 atom stereocenters. The molecular weight excluding hydrogens is 264 g/mol. The van der Waals surface area contributed by atoms with Gasteiger partial charge in [-0.2, -0.15) is 5.10 Å². The van der Waals surface area contributed by atoms with Crippen molar-refractivity contribution in [3.63, 3.8) is 0 Å². The minimum absolute atomic E-state index is 0.213. The van der Waals surface area contributed by atoms with Gasteiger partial charge >= 0.3 is 0 Å². The maximum atomic E-state index is 11.9. The summed E-state index contributed by atoms with van der Waals surface area (Å²) in [4.78, 5) is 14.4. The van der Waals surface area contributed by atoms with E-state index < -0.39 is 0 Å². The number of hydrogen-bond donors (Lipinski definition) is 1. The summed E-state index contributed by atoms with van der Waals surface area (Å²) in [5, 5.41) is 7.81. The van der Waals surface area contributed by atoms with Crippen LogP contribution in [0.1, 0.15) is 19.8 Å². The average molecular weight is 283 g/mol. The van der Waals surface area contributed by atoms with Crippen molar-refractivity contribution in [3.05, 3.63) is 21.6 Å². The van der Waals surface area contributed by atoms with Crippen LogP contribution in [0.4, 0.5) is 5.69 Å². The third-order valence-electron chi connectivity index (χ3n) is 4.28. The van der Waals surface area contributed by atoms with Crippen molar-refractivity contribution in [1.82, 2.24) is 14.7 Å². The number of aryl methyl sites for hydroxylation is 1. The second-order valence-electron chi connectivity index (χ2n) is 5.38. The second-order valence-corrected chi connectivity index (χ2v) is 5.76. The highest BCUT2D eigenvalue weighted by molar-refractivity contribution is 6.32. The molecular formula is C13H19ClN4O. The van der Waals surface area contributed by atoms with Crippen LogP contribution in [0.2, 0.25) is 5.02 Å². The van der Waals surface area contributed by atoms with E-state index in [-0.39, 0.29) is 10.6 Å². The van der Waals surface area contributed by atoms with Crippen LogP contribution in [0.5, 0.6) is 0 Å². The molecule has 5 nitrogen and oxygen atoms in total. The maximum absolute atomic E-state index is 11.9. The number of piperidine rings is 3. The van der Waals surface area contributed by atoms with Crippen molar-refractivity contribution in [2.45, 2.75) is 32.4 Å². The molecule has 0 spiro atoms. The lowest BCUT2D eigenvalue weighted by Gasteiger charge is -2.45. The lowest BCUT2D eigenvalue weighted by molar-refractivity contribution is 0.0975.